The van der Waals surface area contributed by atoms with Crippen LogP contribution in [-0.2, 0) is 6.18 Å². The minimum atomic E-state index is -4.79. The van der Waals surface area contributed by atoms with Crippen LogP contribution in [0.1, 0.15) is 27.8 Å². The maximum Gasteiger partial charge on any atom is 0.416 e. The third-order valence-electron chi connectivity index (χ3n) is 13.7. The van der Waals surface area contributed by atoms with Gasteiger partial charge in [-0.15, -0.1) is 0 Å². The van der Waals surface area contributed by atoms with Gasteiger partial charge in [0, 0.05) is 44.2 Å². The van der Waals surface area contributed by atoms with Gasteiger partial charge in [-0.25, -0.2) is 19.9 Å². The first-order chi connectivity index (χ1) is 36.4. The maximum absolute atomic E-state index is 16.1. The monoisotopic (exact) mass is 979 g/mol. The van der Waals surface area contributed by atoms with Crippen LogP contribution in [0, 0.1) is 27.7 Å². The zero-order chi connectivity index (χ0) is 51.4. The molecule has 0 aliphatic carbocycles. The van der Waals surface area contributed by atoms with Crippen molar-refractivity contribution >= 4 is 21.8 Å². The van der Waals surface area contributed by atoms with Crippen molar-refractivity contribution in [3.63, 3.8) is 0 Å². The first-order valence-corrected chi connectivity index (χ1v) is 24.9. The van der Waals surface area contributed by atoms with Crippen LogP contribution < -0.4 is 0 Å². The van der Waals surface area contributed by atoms with Crippen molar-refractivity contribution in [2.45, 2.75) is 33.9 Å². The molecule has 3 aromatic heterocycles. The van der Waals surface area contributed by atoms with Gasteiger partial charge in [-0.2, -0.15) is 13.2 Å². The van der Waals surface area contributed by atoms with E-state index in [-0.39, 0.29) is 11.1 Å². The minimum absolute atomic E-state index is 0.241. The smallest absolute Gasteiger partial charge is 0.308 e. The Hall–Kier alpha value is -9.27. The number of hydrogen-bond donors (Lipinski definition) is 0. The van der Waals surface area contributed by atoms with Crippen molar-refractivity contribution < 1.29 is 13.2 Å². The summed E-state index contributed by atoms with van der Waals surface area (Å²) in [7, 11) is 0. The molecule has 0 bridgehead atoms. The molecule has 0 saturated heterocycles. The van der Waals surface area contributed by atoms with Crippen molar-refractivity contribution in [2.75, 3.05) is 0 Å². The van der Waals surface area contributed by atoms with E-state index in [1.807, 2.05) is 133 Å². The van der Waals surface area contributed by atoms with E-state index in [1.54, 1.807) is 0 Å². The molecule has 0 unspecified atom stereocenters. The highest BCUT2D eigenvalue weighted by atomic mass is 19.4. The van der Waals surface area contributed by atoms with Crippen molar-refractivity contribution in [1.82, 2.24) is 24.5 Å². The van der Waals surface area contributed by atoms with Crippen molar-refractivity contribution in [1.29, 1.82) is 0 Å². The molecule has 9 aromatic carbocycles. The summed E-state index contributed by atoms with van der Waals surface area (Å²) in [5, 5.41) is 1.86. The van der Waals surface area contributed by atoms with Crippen LogP contribution in [0.2, 0.25) is 0 Å². The lowest BCUT2D eigenvalue weighted by Gasteiger charge is -2.22. The number of aryl methyl sites for hydroxylation is 4. The molecule has 3 heterocycles. The van der Waals surface area contributed by atoms with Crippen LogP contribution in [0.5, 0.6) is 0 Å². The molecule has 0 fully saturated rings. The fourth-order valence-corrected chi connectivity index (χ4v) is 10.4. The van der Waals surface area contributed by atoms with E-state index in [0.717, 1.165) is 77.4 Å². The van der Waals surface area contributed by atoms with Crippen LogP contribution in [0.25, 0.3) is 118 Å². The molecule has 8 heteroatoms. The molecule has 0 aliphatic heterocycles. The Balaban J connectivity index is 1.28. The number of fused-ring (bicyclic) bond motifs is 3. The van der Waals surface area contributed by atoms with Gasteiger partial charge in [-0.1, -0.05) is 204 Å². The van der Waals surface area contributed by atoms with Crippen LogP contribution >= 0.6 is 0 Å². The summed E-state index contributed by atoms with van der Waals surface area (Å²) in [4.78, 5) is 20.7. The van der Waals surface area contributed by atoms with Crippen molar-refractivity contribution in [3.8, 4) is 95.7 Å². The number of benzene rings is 9. The van der Waals surface area contributed by atoms with E-state index in [0.29, 0.717) is 51.2 Å². The van der Waals surface area contributed by atoms with Gasteiger partial charge in [-0.05, 0) is 86.3 Å². The lowest BCUT2D eigenvalue weighted by molar-refractivity contribution is -0.137. The second kappa shape index (κ2) is 19.0. The molecule has 0 spiro atoms. The zero-order valence-corrected chi connectivity index (χ0v) is 41.7. The zero-order valence-electron chi connectivity index (χ0n) is 41.7. The van der Waals surface area contributed by atoms with Gasteiger partial charge in [0.15, 0.2) is 11.6 Å². The molecule has 0 radical (unpaired) electrons. The van der Waals surface area contributed by atoms with E-state index >= 15 is 13.2 Å². The molecule has 0 atom stereocenters. The summed E-state index contributed by atoms with van der Waals surface area (Å²) in [6.45, 7) is 8.36. The van der Waals surface area contributed by atoms with E-state index in [4.69, 9.17) is 19.9 Å². The summed E-state index contributed by atoms with van der Waals surface area (Å²) in [6, 6.07) is 70.5. The Morgan fingerprint density at radius 1 is 0.320 bits per heavy atom. The molecule has 0 aliphatic rings. The molecular formula is C67H48F3N5. The van der Waals surface area contributed by atoms with Crippen LogP contribution in [-0.4, -0.2) is 24.5 Å². The summed E-state index contributed by atoms with van der Waals surface area (Å²) in [5.41, 5.74) is 14.9. The molecule has 0 saturated carbocycles. The second-order valence-electron chi connectivity index (χ2n) is 19.4. The normalized spacial score (nSPS) is 11.7. The van der Waals surface area contributed by atoms with Gasteiger partial charge in [0.05, 0.1) is 45.1 Å². The van der Waals surface area contributed by atoms with Gasteiger partial charge in [0.2, 0.25) is 0 Å². The van der Waals surface area contributed by atoms with Crippen molar-refractivity contribution in [3.05, 3.63) is 246 Å². The van der Waals surface area contributed by atoms with E-state index in [2.05, 4.69) is 105 Å². The fraction of sp³-hybridized carbons (Fsp3) is 0.0746. The van der Waals surface area contributed by atoms with Gasteiger partial charge >= 0.3 is 6.18 Å². The molecule has 0 N–H and O–H groups in total. The molecule has 75 heavy (non-hydrogen) atoms. The van der Waals surface area contributed by atoms with Crippen LogP contribution in [0.15, 0.2) is 218 Å². The Morgan fingerprint density at radius 3 is 1.03 bits per heavy atom. The third kappa shape index (κ3) is 9.16. The average molecular weight is 980 g/mol. The average Bonchev–Trinajstić information content (AvgIpc) is 3.77. The fourth-order valence-electron chi connectivity index (χ4n) is 10.4. The topological polar surface area (TPSA) is 56.5 Å². The maximum atomic E-state index is 16.1. The molecule has 0 amide bonds. The summed E-state index contributed by atoms with van der Waals surface area (Å²) in [6.07, 6.45) is -4.79. The lowest BCUT2D eigenvalue weighted by atomic mass is 9.95. The molecular weight excluding hydrogens is 932 g/mol. The molecule has 12 aromatic rings. The van der Waals surface area contributed by atoms with Gasteiger partial charge in [0.1, 0.15) is 0 Å². The third-order valence-corrected chi connectivity index (χ3v) is 13.7. The summed E-state index contributed by atoms with van der Waals surface area (Å²) >= 11 is 0. The van der Waals surface area contributed by atoms with Crippen LogP contribution in [0.3, 0.4) is 0 Å². The van der Waals surface area contributed by atoms with E-state index in [9.17, 15) is 0 Å². The largest absolute Gasteiger partial charge is 0.416 e. The predicted octanol–water partition coefficient (Wildman–Crippen LogP) is 18.0. The number of halogens is 3. The van der Waals surface area contributed by atoms with Gasteiger partial charge in [-0.3, -0.25) is 0 Å². The number of aromatic nitrogens is 5. The quantitative estimate of drug-likeness (QED) is 0.145. The van der Waals surface area contributed by atoms with Crippen molar-refractivity contribution in [2.24, 2.45) is 0 Å². The summed E-state index contributed by atoms with van der Waals surface area (Å²) in [5.74, 6) is 0.737. The Morgan fingerprint density at radius 2 is 0.667 bits per heavy atom. The number of rotatable bonds is 9. The lowest BCUT2D eigenvalue weighted by Crippen LogP contribution is -2.10. The highest BCUT2D eigenvalue weighted by molar-refractivity contribution is 6.12. The highest BCUT2D eigenvalue weighted by Crippen LogP contribution is 2.47. The number of alkyl halides is 3. The van der Waals surface area contributed by atoms with Crippen LogP contribution in [0.4, 0.5) is 13.2 Å². The molecule has 362 valence electrons. The molecule has 5 nitrogen and oxygen atoms in total. The number of nitrogens with zero attached hydrogens (tertiary/aromatic N) is 5. The Bertz CT molecular complexity index is 3720. The molecule has 12 rings (SSSR count). The highest BCUT2D eigenvalue weighted by Gasteiger charge is 2.35. The van der Waals surface area contributed by atoms with Gasteiger partial charge in [0.25, 0.3) is 0 Å². The minimum Gasteiger partial charge on any atom is -0.308 e. The van der Waals surface area contributed by atoms with Gasteiger partial charge < -0.3 is 4.57 Å². The SMILES string of the molecule is Cc1cc(C)cc(-c2ccc3c4ccc(-c5cc(C)cc(C)c5)cc4n(-c4c(-c5cc(-c6ccccc6)nc(-c6ccccc6)n5)cc(C(F)(F)F)cc4-c4cc(-c5ccccc5)nc(-c5ccccc5)n4)c3c2)c1. The Labute approximate surface area is 433 Å². The second-order valence-corrected chi connectivity index (χ2v) is 19.4. The van der Waals surface area contributed by atoms with E-state index < -0.39 is 11.7 Å². The summed E-state index contributed by atoms with van der Waals surface area (Å²) < 4.78 is 50.4. The predicted molar refractivity (Wildman–Crippen MR) is 299 cm³/mol. The Kier molecular flexibility index (Phi) is 11.8. The van der Waals surface area contributed by atoms with E-state index in [1.165, 1.54) is 12.1 Å². The first-order valence-electron chi connectivity index (χ1n) is 24.9. The standard InChI is InChI=1S/C67H48F3N5/c1-41-29-42(2)32-51(31-41)49-25-27-54-55-28-26-50(52-33-43(3)30-44(4)34-52)36-63(55)75(62(54)35-49)64-56(60-39-58(45-17-9-5-10-18-45)71-65(73-60)47-21-13-7-14-22-47)37-53(67(68,69)70)38-57(64)61-40-59(46-19-11-6-12-20-46)72-66(74-61)48-23-15-8-16-24-48/h5-40H,1-4H3. The first kappa shape index (κ1) is 46.8. The number of hydrogen-bond acceptors (Lipinski definition) is 4.